The van der Waals surface area contributed by atoms with Gasteiger partial charge in [-0.25, -0.2) is 4.68 Å². The van der Waals surface area contributed by atoms with Crippen LogP contribution in [0.4, 0.5) is 5.69 Å². The minimum Gasteiger partial charge on any atom is -0.323 e. The van der Waals surface area contributed by atoms with Crippen LogP contribution in [0, 0.1) is 0 Å². The first kappa shape index (κ1) is 17.4. The van der Waals surface area contributed by atoms with E-state index in [2.05, 4.69) is 26.3 Å². The Morgan fingerprint density at radius 2 is 1.92 bits per heavy atom. The average molecular weight is 419 g/mol. The molecule has 5 nitrogen and oxygen atoms in total. The van der Waals surface area contributed by atoms with E-state index in [1.165, 1.54) is 6.07 Å². The topological polar surface area (TPSA) is 64.0 Å². The van der Waals surface area contributed by atoms with Gasteiger partial charge in [0.15, 0.2) is 0 Å². The first-order valence-electron chi connectivity index (χ1n) is 7.41. The van der Waals surface area contributed by atoms with Crippen molar-refractivity contribution in [3.63, 3.8) is 0 Å². The lowest BCUT2D eigenvalue weighted by atomic mass is 10.1. The van der Waals surface area contributed by atoms with Gasteiger partial charge in [0.05, 0.1) is 16.4 Å². The summed E-state index contributed by atoms with van der Waals surface area (Å²) < 4.78 is 2.03. The molecule has 2 aromatic carbocycles. The van der Waals surface area contributed by atoms with Crippen LogP contribution < -0.4 is 10.9 Å². The maximum atomic E-state index is 12.2. The number of rotatable bonds is 4. The highest BCUT2D eigenvalue weighted by Crippen LogP contribution is 2.21. The molecule has 1 aromatic heterocycles. The highest BCUT2D eigenvalue weighted by molar-refractivity contribution is 9.10. The second-order valence-corrected chi connectivity index (χ2v) is 6.58. The summed E-state index contributed by atoms with van der Waals surface area (Å²) in [5, 5.41) is 7.38. The molecule has 0 spiro atoms. The number of aromatic nitrogens is 2. The quantitative estimate of drug-likeness (QED) is 0.697. The van der Waals surface area contributed by atoms with Crippen LogP contribution in [-0.4, -0.2) is 15.7 Å². The van der Waals surface area contributed by atoms with E-state index in [0.29, 0.717) is 16.4 Å². The third-order valence-corrected chi connectivity index (χ3v) is 4.25. The molecule has 0 aliphatic heterocycles. The van der Waals surface area contributed by atoms with Crippen LogP contribution in [0.5, 0.6) is 0 Å². The van der Waals surface area contributed by atoms with Gasteiger partial charge >= 0.3 is 0 Å². The number of hydrogen-bond acceptors (Lipinski definition) is 3. The van der Waals surface area contributed by atoms with E-state index < -0.39 is 0 Å². The van der Waals surface area contributed by atoms with Crippen molar-refractivity contribution in [1.29, 1.82) is 0 Å². The van der Waals surface area contributed by atoms with Crippen LogP contribution >= 0.6 is 27.5 Å². The smallest absolute Gasteiger partial charge is 0.267 e. The maximum absolute atomic E-state index is 12.2. The van der Waals surface area contributed by atoms with Crippen LogP contribution in [-0.2, 0) is 11.3 Å². The summed E-state index contributed by atoms with van der Waals surface area (Å²) in [5.74, 6) is -0.380. The van der Waals surface area contributed by atoms with Crippen molar-refractivity contribution < 1.29 is 4.79 Å². The van der Waals surface area contributed by atoms with Crippen molar-refractivity contribution in [2.75, 3.05) is 5.32 Å². The standard InChI is InChI=1S/C18H13BrClN3O2/c19-13-5-3-4-12(10-13)15-8-9-18(25)23(22-15)11-17(24)21-16-7-2-1-6-14(16)20/h1-10H,11H2,(H,21,24). The Kier molecular flexibility index (Phi) is 5.31. The highest BCUT2D eigenvalue weighted by Gasteiger charge is 2.10. The Hall–Kier alpha value is -2.44. The monoisotopic (exact) mass is 417 g/mol. The Bertz CT molecular complexity index is 988. The summed E-state index contributed by atoms with van der Waals surface area (Å²) in [6.07, 6.45) is 0. The van der Waals surface area contributed by atoms with Gasteiger partial charge in [0.1, 0.15) is 6.54 Å². The van der Waals surface area contributed by atoms with Crippen LogP contribution in [0.15, 0.2) is 69.9 Å². The minimum atomic E-state index is -0.380. The molecule has 0 saturated heterocycles. The fourth-order valence-corrected chi connectivity index (χ4v) is 2.83. The summed E-state index contributed by atoms with van der Waals surface area (Å²) in [5.41, 5.74) is 1.58. The largest absolute Gasteiger partial charge is 0.323 e. The van der Waals surface area contributed by atoms with Gasteiger partial charge < -0.3 is 5.32 Å². The van der Waals surface area contributed by atoms with Crippen molar-refractivity contribution in [2.45, 2.75) is 6.54 Å². The van der Waals surface area contributed by atoms with E-state index in [4.69, 9.17) is 11.6 Å². The van der Waals surface area contributed by atoms with Gasteiger partial charge in [-0.3, -0.25) is 9.59 Å². The predicted octanol–water partition coefficient (Wildman–Crippen LogP) is 3.96. The summed E-state index contributed by atoms with van der Waals surface area (Å²) in [7, 11) is 0. The number of halogens is 2. The summed E-state index contributed by atoms with van der Waals surface area (Å²) in [4.78, 5) is 24.2. The number of hydrogen-bond donors (Lipinski definition) is 1. The molecule has 1 heterocycles. The molecule has 0 saturated carbocycles. The van der Waals surface area contributed by atoms with Crippen LogP contribution in [0.2, 0.25) is 5.02 Å². The molecule has 0 atom stereocenters. The average Bonchev–Trinajstić information content (AvgIpc) is 2.59. The highest BCUT2D eigenvalue weighted by atomic mass is 79.9. The third kappa shape index (κ3) is 4.35. The number of para-hydroxylation sites is 1. The lowest BCUT2D eigenvalue weighted by Crippen LogP contribution is -2.29. The van der Waals surface area contributed by atoms with Crippen molar-refractivity contribution >= 4 is 39.1 Å². The van der Waals surface area contributed by atoms with E-state index >= 15 is 0 Å². The molecule has 25 heavy (non-hydrogen) atoms. The zero-order valence-electron chi connectivity index (χ0n) is 12.9. The van der Waals surface area contributed by atoms with E-state index in [0.717, 1.165) is 14.7 Å². The molecule has 0 aliphatic rings. The molecular weight excluding hydrogens is 406 g/mol. The van der Waals surface area contributed by atoms with Gasteiger partial charge in [0, 0.05) is 16.1 Å². The molecule has 1 N–H and O–H groups in total. The zero-order valence-corrected chi connectivity index (χ0v) is 15.3. The second-order valence-electron chi connectivity index (χ2n) is 5.25. The molecule has 126 valence electrons. The number of nitrogens with one attached hydrogen (secondary N) is 1. The summed E-state index contributed by atoms with van der Waals surface area (Å²) in [6, 6.07) is 17.5. The fraction of sp³-hybridized carbons (Fsp3) is 0.0556. The molecule has 7 heteroatoms. The van der Waals surface area contributed by atoms with Crippen molar-refractivity contribution in [2.24, 2.45) is 0 Å². The van der Waals surface area contributed by atoms with Gasteiger partial charge in [-0.1, -0.05) is 51.8 Å². The van der Waals surface area contributed by atoms with Crippen molar-refractivity contribution in [3.05, 3.63) is 80.5 Å². The molecule has 0 fully saturated rings. The molecule has 3 rings (SSSR count). The van der Waals surface area contributed by atoms with Gasteiger partial charge in [0.25, 0.3) is 5.56 Å². The number of anilines is 1. The Morgan fingerprint density at radius 3 is 2.68 bits per heavy atom. The molecule has 1 amide bonds. The molecular formula is C18H13BrClN3O2. The van der Waals surface area contributed by atoms with E-state index in [1.54, 1.807) is 30.3 Å². The van der Waals surface area contributed by atoms with Crippen LogP contribution in [0.1, 0.15) is 0 Å². The number of amides is 1. The summed E-state index contributed by atoms with van der Waals surface area (Å²) >= 11 is 9.42. The van der Waals surface area contributed by atoms with Gasteiger partial charge in [-0.2, -0.15) is 5.10 Å². The number of carbonyl (C=O) groups is 1. The number of benzene rings is 2. The zero-order chi connectivity index (χ0) is 17.8. The van der Waals surface area contributed by atoms with Gasteiger partial charge in [0.2, 0.25) is 5.91 Å². The second kappa shape index (κ2) is 7.63. The first-order valence-corrected chi connectivity index (χ1v) is 8.58. The molecule has 0 bridgehead atoms. The van der Waals surface area contributed by atoms with Gasteiger partial charge in [-0.15, -0.1) is 0 Å². The molecule has 0 aliphatic carbocycles. The molecule has 3 aromatic rings. The van der Waals surface area contributed by atoms with E-state index in [-0.39, 0.29) is 18.0 Å². The fourth-order valence-electron chi connectivity index (χ4n) is 2.25. The Labute approximate surface area is 157 Å². The molecule has 0 radical (unpaired) electrons. The van der Waals surface area contributed by atoms with Gasteiger partial charge in [-0.05, 0) is 30.3 Å². The first-order chi connectivity index (χ1) is 12.0. The SMILES string of the molecule is O=C(Cn1nc(-c2cccc(Br)c2)ccc1=O)Nc1ccccc1Cl. The number of nitrogens with zero attached hydrogens (tertiary/aromatic N) is 2. The predicted molar refractivity (Wildman–Crippen MR) is 102 cm³/mol. The van der Waals surface area contributed by atoms with Crippen molar-refractivity contribution in [1.82, 2.24) is 9.78 Å². The van der Waals surface area contributed by atoms with Crippen LogP contribution in [0.25, 0.3) is 11.3 Å². The molecule has 0 unspecified atom stereocenters. The lowest BCUT2D eigenvalue weighted by Gasteiger charge is -2.09. The third-order valence-electron chi connectivity index (χ3n) is 3.43. The van der Waals surface area contributed by atoms with Crippen molar-refractivity contribution in [3.8, 4) is 11.3 Å². The maximum Gasteiger partial charge on any atom is 0.267 e. The summed E-state index contributed by atoms with van der Waals surface area (Å²) in [6.45, 7) is -0.202. The lowest BCUT2D eigenvalue weighted by molar-refractivity contribution is -0.117. The van der Waals surface area contributed by atoms with Crippen LogP contribution in [0.3, 0.4) is 0 Å². The van der Waals surface area contributed by atoms with E-state index in [9.17, 15) is 9.59 Å². The normalized spacial score (nSPS) is 10.5. The number of carbonyl (C=O) groups excluding carboxylic acids is 1. The Morgan fingerprint density at radius 1 is 1.12 bits per heavy atom. The van der Waals surface area contributed by atoms with E-state index in [1.807, 2.05) is 24.3 Å². The minimum absolute atomic E-state index is 0.202. The Balaban J connectivity index is 1.83.